The molecule has 0 heterocycles. The fourth-order valence-electron chi connectivity index (χ4n) is 1.90. The Morgan fingerprint density at radius 2 is 1.67 bits per heavy atom. The van der Waals surface area contributed by atoms with Gasteiger partial charge in [-0.1, -0.05) is 6.07 Å². The van der Waals surface area contributed by atoms with E-state index in [-0.39, 0.29) is 0 Å². The number of carbonyl (C=O) groups excluding carboxylic acids is 1. The number of sulfonamides is 1. The number of amides is 1. The van der Waals surface area contributed by atoms with Crippen LogP contribution in [0.3, 0.4) is 0 Å². The van der Waals surface area contributed by atoms with E-state index >= 15 is 0 Å². The van der Waals surface area contributed by atoms with Crippen LogP contribution in [-0.4, -0.2) is 26.6 Å². The van der Waals surface area contributed by atoms with Crippen LogP contribution >= 0.6 is 0 Å². The summed E-state index contributed by atoms with van der Waals surface area (Å²) in [5.41, 5.74) is 7.51. The summed E-state index contributed by atoms with van der Waals surface area (Å²) in [5.74, 6) is -0.681. The molecule has 1 amide bonds. The Labute approximate surface area is 108 Å². The van der Waals surface area contributed by atoms with Crippen molar-refractivity contribution in [2.45, 2.75) is 26.8 Å². The van der Waals surface area contributed by atoms with Gasteiger partial charge >= 0.3 is 0 Å². The molecule has 0 saturated heterocycles. The average Bonchev–Trinajstić information content (AvgIpc) is 2.13. The second-order valence-corrected chi connectivity index (χ2v) is 6.34. The molecule has 0 bridgehead atoms. The molecule has 0 aliphatic rings. The van der Waals surface area contributed by atoms with Crippen LogP contribution in [-0.2, 0) is 14.8 Å². The molecule has 5 nitrogen and oxygen atoms in total. The number of aryl methyl sites for hydroxylation is 2. The molecule has 0 spiro atoms. The van der Waals surface area contributed by atoms with Gasteiger partial charge in [-0.15, -0.1) is 0 Å². The van der Waals surface area contributed by atoms with Crippen molar-refractivity contribution < 1.29 is 13.2 Å². The molecular weight excluding hydrogens is 252 g/mol. The highest BCUT2D eigenvalue weighted by Gasteiger charge is 2.27. The highest BCUT2D eigenvalue weighted by Crippen LogP contribution is 2.23. The maximum atomic E-state index is 11.8. The minimum atomic E-state index is -3.56. The molecule has 0 fully saturated rings. The fraction of sp³-hybridized carbons (Fsp3) is 0.417. The zero-order valence-electron chi connectivity index (χ0n) is 11.0. The Balaban J connectivity index is 3.40. The van der Waals surface area contributed by atoms with Gasteiger partial charge in [-0.3, -0.25) is 9.10 Å². The van der Waals surface area contributed by atoms with E-state index < -0.39 is 22.0 Å². The second-order valence-electron chi connectivity index (χ2n) is 4.48. The van der Waals surface area contributed by atoms with Crippen LogP contribution in [0.2, 0.25) is 0 Å². The molecule has 6 heteroatoms. The summed E-state index contributed by atoms with van der Waals surface area (Å²) < 4.78 is 24.7. The van der Waals surface area contributed by atoms with Gasteiger partial charge in [0.2, 0.25) is 15.9 Å². The van der Waals surface area contributed by atoms with Crippen molar-refractivity contribution in [2.24, 2.45) is 5.73 Å². The third kappa shape index (κ3) is 3.22. The van der Waals surface area contributed by atoms with Crippen LogP contribution in [0.15, 0.2) is 18.2 Å². The summed E-state index contributed by atoms with van der Waals surface area (Å²) >= 11 is 0. The van der Waals surface area contributed by atoms with Crippen molar-refractivity contribution in [2.75, 3.05) is 10.6 Å². The van der Waals surface area contributed by atoms with E-state index in [4.69, 9.17) is 5.73 Å². The molecule has 0 radical (unpaired) electrons. The van der Waals surface area contributed by atoms with Gasteiger partial charge in [0.15, 0.2) is 0 Å². The van der Waals surface area contributed by atoms with E-state index in [1.165, 1.54) is 6.92 Å². The highest BCUT2D eigenvalue weighted by atomic mass is 32.2. The van der Waals surface area contributed by atoms with Gasteiger partial charge in [0, 0.05) is 0 Å². The number of carbonyl (C=O) groups is 1. The number of hydrogen-bond acceptors (Lipinski definition) is 3. The normalized spacial score (nSPS) is 13.1. The summed E-state index contributed by atoms with van der Waals surface area (Å²) in [6.07, 6.45) is 1.06. The number of anilines is 1. The van der Waals surface area contributed by atoms with Crippen molar-refractivity contribution in [1.82, 2.24) is 0 Å². The van der Waals surface area contributed by atoms with E-state index in [1.807, 2.05) is 19.9 Å². The van der Waals surface area contributed by atoms with Crippen LogP contribution in [0.25, 0.3) is 0 Å². The lowest BCUT2D eigenvalue weighted by molar-refractivity contribution is -0.118. The Bertz CT molecular complexity index is 546. The third-order valence-electron chi connectivity index (χ3n) is 2.58. The van der Waals surface area contributed by atoms with Crippen LogP contribution in [0.4, 0.5) is 5.69 Å². The van der Waals surface area contributed by atoms with Gasteiger partial charge in [-0.05, 0) is 44.0 Å². The van der Waals surface area contributed by atoms with Crippen LogP contribution < -0.4 is 10.0 Å². The number of benzene rings is 1. The van der Waals surface area contributed by atoms with Crippen molar-refractivity contribution in [3.63, 3.8) is 0 Å². The first-order chi connectivity index (χ1) is 8.12. The Morgan fingerprint density at radius 1 is 1.22 bits per heavy atom. The number of rotatable bonds is 4. The number of nitrogens with two attached hydrogens (primary N) is 1. The lowest BCUT2D eigenvalue weighted by atomic mass is 10.1. The maximum absolute atomic E-state index is 11.8. The lowest BCUT2D eigenvalue weighted by Gasteiger charge is -2.27. The quantitative estimate of drug-likeness (QED) is 0.884. The van der Waals surface area contributed by atoms with E-state index in [2.05, 4.69) is 0 Å². The second kappa shape index (κ2) is 4.97. The molecule has 1 atom stereocenters. The number of primary amides is 1. The smallest absolute Gasteiger partial charge is 0.241 e. The average molecular weight is 270 g/mol. The minimum Gasteiger partial charge on any atom is -0.368 e. The number of nitrogens with zero attached hydrogens (tertiary/aromatic N) is 1. The van der Waals surface area contributed by atoms with Gasteiger partial charge in [0.1, 0.15) is 6.04 Å². The third-order valence-corrected chi connectivity index (χ3v) is 3.82. The molecule has 0 aromatic heterocycles. The molecular formula is C12H18N2O3S. The van der Waals surface area contributed by atoms with Crippen LogP contribution in [0.5, 0.6) is 0 Å². The molecule has 18 heavy (non-hydrogen) atoms. The topological polar surface area (TPSA) is 80.5 Å². The summed E-state index contributed by atoms with van der Waals surface area (Å²) in [5, 5.41) is 0. The first-order valence-corrected chi connectivity index (χ1v) is 7.35. The highest BCUT2D eigenvalue weighted by molar-refractivity contribution is 7.92. The fourth-order valence-corrected chi connectivity index (χ4v) is 3.06. The van der Waals surface area contributed by atoms with Crippen LogP contribution in [0.1, 0.15) is 18.1 Å². The molecule has 1 rings (SSSR count). The van der Waals surface area contributed by atoms with E-state index in [1.54, 1.807) is 12.1 Å². The molecule has 1 aromatic rings. The Hall–Kier alpha value is -1.56. The number of hydrogen-bond donors (Lipinski definition) is 1. The van der Waals surface area contributed by atoms with Gasteiger partial charge in [0.05, 0.1) is 11.9 Å². The summed E-state index contributed by atoms with van der Waals surface area (Å²) in [7, 11) is -3.56. The van der Waals surface area contributed by atoms with Crippen molar-refractivity contribution >= 4 is 21.6 Å². The molecule has 0 aliphatic carbocycles. The molecule has 0 unspecified atom stereocenters. The van der Waals surface area contributed by atoms with Gasteiger partial charge in [-0.2, -0.15) is 0 Å². The monoisotopic (exact) mass is 270 g/mol. The first-order valence-electron chi connectivity index (χ1n) is 5.50. The van der Waals surface area contributed by atoms with Crippen LogP contribution in [0, 0.1) is 13.8 Å². The van der Waals surface area contributed by atoms with Crippen molar-refractivity contribution in [3.05, 3.63) is 29.3 Å². The Morgan fingerprint density at radius 3 is 2.00 bits per heavy atom. The largest absolute Gasteiger partial charge is 0.368 e. The summed E-state index contributed by atoms with van der Waals surface area (Å²) in [4.78, 5) is 11.2. The van der Waals surface area contributed by atoms with Gasteiger partial charge < -0.3 is 5.73 Å². The molecule has 100 valence electrons. The molecule has 2 N–H and O–H groups in total. The molecule has 0 aliphatic heterocycles. The van der Waals surface area contributed by atoms with E-state index in [9.17, 15) is 13.2 Å². The minimum absolute atomic E-state index is 0.460. The van der Waals surface area contributed by atoms with E-state index in [0.717, 1.165) is 21.7 Å². The standard InChI is InChI=1S/C12H18N2O3S/c1-8-5-9(2)7-11(6-8)14(18(4,16)17)10(3)12(13)15/h5-7,10H,1-4H3,(H2,13,15)/t10-/m1/s1. The van der Waals surface area contributed by atoms with Crippen molar-refractivity contribution in [1.29, 1.82) is 0 Å². The molecule has 1 aromatic carbocycles. The lowest BCUT2D eigenvalue weighted by Crippen LogP contribution is -2.45. The van der Waals surface area contributed by atoms with Gasteiger partial charge in [-0.25, -0.2) is 8.42 Å². The zero-order valence-corrected chi connectivity index (χ0v) is 11.8. The predicted molar refractivity (Wildman–Crippen MR) is 71.9 cm³/mol. The predicted octanol–water partition coefficient (Wildman–Crippen LogP) is 0.943. The SMILES string of the molecule is Cc1cc(C)cc(N([C@H](C)C(N)=O)S(C)(=O)=O)c1. The zero-order chi connectivity index (χ0) is 14.1. The maximum Gasteiger partial charge on any atom is 0.241 e. The summed E-state index contributed by atoms with van der Waals surface area (Å²) in [6, 6.07) is 4.45. The van der Waals surface area contributed by atoms with Gasteiger partial charge in [0.25, 0.3) is 0 Å². The summed E-state index contributed by atoms with van der Waals surface area (Å²) in [6.45, 7) is 5.21. The molecule has 0 saturated carbocycles. The Kier molecular flexibility index (Phi) is 4.01. The van der Waals surface area contributed by atoms with E-state index in [0.29, 0.717) is 5.69 Å². The first kappa shape index (κ1) is 14.5. The van der Waals surface area contributed by atoms with Crippen molar-refractivity contribution in [3.8, 4) is 0 Å².